The highest BCUT2D eigenvalue weighted by molar-refractivity contribution is 5.82. The Morgan fingerprint density at radius 1 is 1.22 bits per heavy atom. The number of methoxy groups -OCH3 is 1. The average Bonchev–Trinajstić information content (AvgIpc) is 2.96. The number of hydrogen-bond acceptors (Lipinski definition) is 5. The molecule has 0 spiro atoms. The van der Waals surface area contributed by atoms with E-state index in [0.29, 0.717) is 17.2 Å². The maximum absolute atomic E-state index is 12.2. The number of fused-ring (bicyclic) bond motifs is 1. The summed E-state index contributed by atoms with van der Waals surface area (Å²) in [5, 5.41) is 2.98. The van der Waals surface area contributed by atoms with Crippen molar-refractivity contribution >= 4 is 28.6 Å². The first-order valence-electron chi connectivity index (χ1n) is 7.92. The van der Waals surface area contributed by atoms with Gasteiger partial charge in [-0.3, -0.25) is 4.79 Å². The van der Waals surface area contributed by atoms with Gasteiger partial charge in [0.2, 0.25) is 5.95 Å². The minimum Gasteiger partial charge on any atom is -0.469 e. The van der Waals surface area contributed by atoms with Crippen LogP contribution in [0.15, 0.2) is 36.4 Å². The van der Waals surface area contributed by atoms with E-state index in [-0.39, 0.29) is 18.1 Å². The zero-order chi connectivity index (χ0) is 19.6. The summed E-state index contributed by atoms with van der Waals surface area (Å²) >= 11 is 0. The molecule has 0 saturated heterocycles. The van der Waals surface area contributed by atoms with E-state index in [2.05, 4.69) is 24.8 Å². The Kier molecular flexibility index (Phi) is 4.93. The first kappa shape index (κ1) is 18.6. The summed E-state index contributed by atoms with van der Waals surface area (Å²) in [4.78, 5) is 19.0. The van der Waals surface area contributed by atoms with Gasteiger partial charge in [0, 0.05) is 5.69 Å². The number of carbonyl (C=O) groups is 1. The molecule has 2 aromatic carbocycles. The number of aromatic amines is 1. The van der Waals surface area contributed by atoms with Crippen LogP contribution >= 0.6 is 0 Å². The number of alkyl halides is 3. The third-order valence-corrected chi connectivity index (χ3v) is 3.85. The standard InChI is InChI=1S/C18H16F3N3O3/c1-10-7-14-15(8-11(10)9-16(25)26-2)24-17(23-14)22-12-3-5-13(6-4-12)27-18(19,20)21/h3-8H,9H2,1-2H3,(H2,22,23,24). The minimum absolute atomic E-state index is 0.147. The SMILES string of the molecule is COC(=O)Cc1cc2nc(Nc3ccc(OC(F)(F)F)cc3)[nH]c2cc1C. The van der Waals surface area contributed by atoms with Crippen molar-refractivity contribution in [1.29, 1.82) is 0 Å². The topological polar surface area (TPSA) is 76.2 Å². The molecule has 2 N–H and O–H groups in total. The molecule has 27 heavy (non-hydrogen) atoms. The summed E-state index contributed by atoms with van der Waals surface area (Å²) < 4.78 is 45.1. The molecule has 3 aromatic rings. The van der Waals surface area contributed by atoms with E-state index >= 15 is 0 Å². The Labute approximate surface area is 152 Å². The Bertz CT molecular complexity index is 966. The predicted molar refractivity (Wildman–Crippen MR) is 93.0 cm³/mol. The number of nitrogens with one attached hydrogen (secondary N) is 2. The normalized spacial score (nSPS) is 11.4. The van der Waals surface area contributed by atoms with Gasteiger partial charge in [-0.15, -0.1) is 13.2 Å². The molecule has 0 bridgehead atoms. The van der Waals surface area contributed by atoms with Crippen LogP contribution in [-0.4, -0.2) is 29.4 Å². The molecule has 0 unspecified atom stereocenters. The second-order valence-electron chi connectivity index (χ2n) is 5.83. The van der Waals surface area contributed by atoms with Crippen molar-refractivity contribution < 1.29 is 27.4 Å². The number of aryl methyl sites for hydroxylation is 1. The minimum atomic E-state index is -4.73. The van der Waals surface area contributed by atoms with Gasteiger partial charge in [-0.1, -0.05) is 0 Å². The van der Waals surface area contributed by atoms with E-state index in [1.807, 2.05) is 13.0 Å². The van der Waals surface area contributed by atoms with Crippen LogP contribution in [0.1, 0.15) is 11.1 Å². The van der Waals surface area contributed by atoms with Crippen molar-refractivity contribution in [1.82, 2.24) is 9.97 Å². The van der Waals surface area contributed by atoms with Gasteiger partial charge in [-0.25, -0.2) is 4.98 Å². The molecule has 9 heteroatoms. The van der Waals surface area contributed by atoms with Gasteiger partial charge in [0.05, 0.1) is 24.6 Å². The molecule has 142 valence electrons. The third kappa shape index (κ3) is 4.69. The molecule has 0 amide bonds. The summed E-state index contributed by atoms with van der Waals surface area (Å²) in [7, 11) is 1.33. The number of ether oxygens (including phenoxy) is 2. The number of H-pyrrole nitrogens is 1. The molecule has 0 radical (unpaired) electrons. The van der Waals surface area contributed by atoms with Gasteiger partial charge in [0.1, 0.15) is 5.75 Å². The highest BCUT2D eigenvalue weighted by atomic mass is 19.4. The lowest BCUT2D eigenvalue weighted by molar-refractivity contribution is -0.274. The molecule has 3 rings (SSSR count). The second kappa shape index (κ2) is 7.18. The van der Waals surface area contributed by atoms with Crippen LogP contribution in [0, 0.1) is 6.92 Å². The number of carbonyl (C=O) groups excluding carboxylic acids is 1. The van der Waals surface area contributed by atoms with Gasteiger partial charge in [0.25, 0.3) is 0 Å². The smallest absolute Gasteiger partial charge is 0.469 e. The fourth-order valence-electron chi connectivity index (χ4n) is 2.56. The van der Waals surface area contributed by atoms with E-state index < -0.39 is 6.36 Å². The Morgan fingerprint density at radius 3 is 2.56 bits per heavy atom. The Morgan fingerprint density at radius 2 is 1.93 bits per heavy atom. The fourth-order valence-corrected chi connectivity index (χ4v) is 2.56. The number of anilines is 2. The number of halogens is 3. The van der Waals surface area contributed by atoms with E-state index in [1.165, 1.54) is 31.4 Å². The first-order chi connectivity index (χ1) is 12.7. The number of aromatic nitrogens is 2. The van der Waals surface area contributed by atoms with Crippen molar-refractivity contribution in [2.75, 3.05) is 12.4 Å². The molecule has 0 atom stereocenters. The molecule has 0 aliphatic rings. The number of hydrogen-bond donors (Lipinski definition) is 2. The maximum Gasteiger partial charge on any atom is 0.573 e. The second-order valence-corrected chi connectivity index (χ2v) is 5.83. The first-order valence-corrected chi connectivity index (χ1v) is 7.92. The highest BCUT2D eigenvalue weighted by Crippen LogP contribution is 2.26. The Hall–Kier alpha value is -3.23. The maximum atomic E-state index is 12.2. The largest absolute Gasteiger partial charge is 0.573 e. The molecule has 1 heterocycles. The zero-order valence-corrected chi connectivity index (χ0v) is 14.5. The van der Waals surface area contributed by atoms with Crippen LogP contribution in [0.5, 0.6) is 5.75 Å². The molecule has 0 aliphatic carbocycles. The number of rotatable bonds is 5. The van der Waals surface area contributed by atoms with Crippen LogP contribution in [0.2, 0.25) is 0 Å². The molecule has 1 aromatic heterocycles. The lowest BCUT2D eigenvalue weighted by atomic mass is 10.0. The van der Waals surface area contributed by atoms with Gasteiger partial charge < -0.3 is 19.8 Å². The van der Waals surface area contributed by atoms with Crippen LogP contribution in [-0.2, 0) is 16.0 Å². The zero-order valence-electron chi connectivity index (χ0n) is 14.5. The number of benzene rings is 2. The molecule has 6 nitrogen and oxygen atoms in total. The van der Waals surface area contributed by atoms with Crippen molar-refractivity contribution in [3.63, 3.8) is 0 Å². The lowest BCUT2D eigenvalue weighted by Gasteiger charge is -2.09. The van der Waals surface area contributed by atoms with Crippen molar-refractivity contribution in [2.45, 2.75) is 19.7 Å². The third-order valence-electron chi connectivity index (χ3n) is 3.85. The van der Waals surface area contributed by atoms with Crippen LogP contribution in [0.4, 0.5) is 24.8 Å². The summed E-state index contributed by atoms with van der Waals surface area (Å²) in [5.41, 5.74) is 3.67. The van der Waals surface area contributed by atoms with Gasteiger partial charge in [-0.2, -0.15) is 0 Å². The average molecular weight is 379 g/mol. The quantitative estimate of drug-likeness (QED) is 0.649. The monoisotopic (exact) mass is 379 g/mol. The van der Waals surface area contributed by atoms with Crippen LogP contribution < -0.4 is 10.1 Å². The predicted octanol–water partition coefficient (Wildman–Crippen LogP) is 4.23. The van der Waals surface area contributed by atoms with E-state index in [4.69, 9.17) is 0 Å². The molecule has 0 fully saturated rings. The summed E-state index contributed by atoms with van der Waals surface area (Å²) in [5.74, 6) is -0.225. The summed E-state index contributed by atoms with van der Waals surface area (Å²) in [6.45, 7) is 1.88. The van der Waals surface area contributed by atoms with Gasteiger partial charge >= 0.3 is 12.3 Å². The van der Waals surface area contributed by atoms with Crippen molar-refractivity contribution in [2.24, 2.45) is 0 Å². The summed E-state index contributed by atoms with van der Waals surface area (Å²) in [6, 6.07) is 8.97. The van der Waals surface area contributed by atoms with Gasteiger partial charge in [0.15, 0.2) is 0 Å². The van der Waals surface area contributed by atoms with Gasteiger partial charge in [-0.05, 0) is 54.4 Å². The van der Waals surface area contributed by atoms with E-state index in [9.17, 15) is 18.0 Å². The molecular weight excluding hydrogens is 363 g/mol. The van der Waals surface area contributed by atoms with E-state index in [1.54, 1.807) is 6.07 Å². The fraction of sp³-hybridized carbons (Fsp3) is 0.222. The molecule has 0 saturated carbocycles. The van der Waals surface area contributed by atoms with E-state index in [0.717, 1.165) is 16.6 Å². The number of esters is 1. The van der Waals surface area contributed by atoms with Crippen molar-refractivity contribution in [3.8, 4) is 5.75 Å². The molecule has 0 aliphatic heterocycles. The van der Waals surface area contributed by atoms with Crippen molar-refractivity contribution in [3.05, 3.63) is 47.5 Å². The highest BCUT2D eigenvalue weighted by Gasteiger charge is 2.30. The summed E-state index contributed by atoms with van der Waals surface area (Å²) in [6.07, 6.45) is -4.58. The molecular formula is C18H16F3N3O3. The lowest BCUT2D eigenvalue weighted by Crippen LogP contribution is -2.16. The number of imidazole rings is 1. The van der Waals surface area contributed by atoms with Crippen LogP contribution in [0.3, 0.4) is 0 Å². The number of nitrogens with zero attached hydrogens (tertiary/aromatic N) is 1. The Balaban J connectivity index is 1.78. The van der Waals surface area contributed by atoms with Crippen LogP contribution in [0.25, 0.3) is 11.0 Å².